The summed E-state index contributed by atoms with van der Waals surface area (Å²) < 4.78 is 0. The fourth-order valence-corrected chi connectivity index (χ4v) is 2.10. The maximum atomic E-state index is 11.4. The highest BCUT2D eigenvalue weighted by molar-refractivity contribution is 5.79. The summed E-state index contributed by atoms with van der Waals surface area (Å²) in [5, 5.41) is 3.19. The van der Waals surface area contributed by atoms with E-state index in [0.29, 0.717) is 0 Å². The minimum absolute atomic E-state index is 0.244. The largest absolute Gasteiger partial charge is 0.374 e. The van der Waals surface area contributed by atoms with Crippen molar-refractivity contribution in [1.29, 1.82) is 0 Å². The second kappa shape index (κ2) is 7.79. The van der Waals surface area contributed by atoms with Gasteiger partial charge in [0.15, 0.2) is 0 Å². The zero-order valence-corrected chi connectivity index (χ0v) is 12.1. The van der Waals surface area contributed by atoms with Crippen LogP contribution in [0.4, 0.5) is 5.69 Å². The third-order valence-corrected chi connectivity index (χ3v) is 3.26. The first-order valence-electron chi connectivity index (χ1n) is 6.85. The van der Waals surface area contributed by atoms with Gasteiger partial charge in [0.05, 0.1) is 6.04 Å². The van der Waals surface area contributed by atoms with Gasteiger partial charge in [-0.2, -0.15) is 0 Å². The number of carbonyl (C=O) groups is 1. The molecule has 0 aliphatic heterocycles. The van der Waals surface area contributed by atoms with Crippen LogP contribution in [0.25, 0.3) is 0 Å². The van der Waals surface area contributed by atoms with Crippen molar-refractivity contribution in [3.05, 3.63) is 29.8 Å². The SMILES string of the molecule is CCCNC(CCN(C)c1ccccc1C)C(N)=O. The van der Waals surface area contributed by atoms with E-state index >= 15 is 0 Å². The van der Waals surface area contributed by atoms with Gasteiger partial charge in [-0.25, -0.2) is 0 Å². The molecule has 1 unspecified atom stereocenters. The summed E-state index contributed by atoms with van der Waals surface area (Å²) in [6.45, 7) is 5.79. The zero-order chi connectivity index (χ0) is 14.3. The van der Waals surface area contributed by atoms with Gasteiger partial charge in [0.2, 0.25) is 5.91 Å². The van der Waals surface area contributed by atoms with E-state index in [9.17, 15) is 4.79 Å². The molecule has 1 aromatic carbocycles. The Morgan fingerprint density at radius 1 is 1.42 bits per heavy atom. The first-order valence-corrected chi connectivity index (χ1v) is 6.85. The second-order valence-electron chi connectivity index (χ2n) is 4.91. The molecule has 4 heteroatoms. The average molecular weight is 263 g/mol. The molecular formula is C15H25N3O. The van der Waals surface area contributed by atoms with E-state index in [1.165, 1.54) is 11.3 Å². The first-order chi connectivity index (χ1) is 9.06. The molecule has 0 bridgehead atoms. The topological polar surface area (TPSA) is 58.4 Å². The van der Waals surface area contributed by atoms with Crippen LogP contribution < -0.4 is 16.0 Å². The Morgan fingerprint density at radius 2 is 2.11 bits per heavy atom. The van der Waals surface area contributed by atoms with Crippen LogP contribution in [0.2, 0.25) is 0 Å². The van der Waals surface area contributed by atoms with Gasteiger partial charge in [0.1, 0.15) is 0 Å². The number of nitrogens with two attached hydrogens (primary N) is 1. The molecule has 1 atom stereocenters. The Bertz CT molecular complexity index is 406. The minimum atomic E-state index is -0.272. The summed E-state index contributed by atoms with van der Waals surface area (Å²) in [7, 11) is 2.04. The molecule has 19 heavy (non-hydrogen) atoms. The van der Waals surface area contributed by atoms with Crippen LogP contribution in [0, 0.1) is 6.92 Å². The molecule has 0 aliphatic rings. The van der Waals surface area contributed by atoms with Crippen molar-refractivity contribution in [1.82, 2.24) is 5.32 Å². The third-order valence-electron chi connectivity index (χ3n) is 3.26. The lowest BCUT2D eigenvalue weighted by Gasteiger charge is -2.24. The molecule has 0 spiro atoms. The summed E-state index contributed by atoms with van der Waals surface area (Å²) in [5.41, 5.74) is 7.85. The summed E-state index contributed by atoms with van der Waals surface area (Å²) in [5.74, 6) is -0.272. The maximum Gasteiger partial charge on any atom is 0.234 e. The number of hydrogen-bond donors (Lipinski definition) is 2. The van der Waals surface area contributed by atoms with E-state index < -0.39 is 0 Å². The first kappa shape index (κ1) is 15.5. The number of nitrogens with one attached hydrogen (secondary N) is 1. The van der Waals surface area contributed by atoms with Gasteiger partial charge in [-0.15, -0.1) is 0 Å². The fourth-order valence-electron chi connectivity index (χ4n) is 2.10. The second-order valence-corrected chi connectivity index (χ2v) is 4.91. The Labute approximate surface area is 116 Å². The lowest BCUT2D eigenvalue weighted by Crippen LogP contribution is -2.43. The highest BCUT2D eigenvalue weighted by Crippen LogP contribution is 2.18. The number of hydrogen-bond acceptors (Lipinski definition) is 3. The molecule has 1 aromatic rings. The molecule has 0 saturated heterocycles. The molecule has 106 valence electrons. The number of primary amides is 1. The molecule has 1 amide bonds. The van der Waals surface area contributed by atoms with Crippen molar-refractivity contribution in [2.75, 3.05) is 25.0 Å². The van der Waals surface area contributed by atoms with Gasteiger partial charge >= 0.3 is 0 Å². The molecule has 0 aromatic heterocycles. The predicted molar refractivity (Wildman–Crippen MR) is 80.3 cm³/mol. The molecule has 4 nitrogen and oxygen atoms in total. The van der Waals surface area contributed by atoms with E-state index in [-0.39, 0.29) is 11.9 Å². The monoisotopic (exact) mass is 263 g/mol. The lowest BCUT2D eigenvalue weighted by molar-refractivity contribution is -0.120. The molecular weight excluding hydrogens is 238 g/mol. The molecule has 0 radical (unpaired) electrons. The van der Waals surface area contributed by atoms with Gasteiger partial charge in [0, 0.05) is 19.3 Å². The molecule has 0 heterocycles. The number of aryl methyl sites for hydroxylation is 1. The number of anilines is 1. The normalized spacial score (nSPS) is 12.2. The average Bonchev–Trinajstić information content (AvgIpc) is 2.38. The van der Waals surface area contributed by atoms with Gasteiger partial charge < -0.3 is 16.0 Å². The van der Waals surface area contributed by atoms with E-state index in [1.54, 1.807) is 0 Å². The molecule has 0 saturated carbocycles. The zero-order valence-electron chi connectivity index (χ0n) is 12.1. The fraction of sp³-hybridized carbons (Fsp3) is 0.533. The van der Waals surface area contributed by atoms with E-state index in [2.05, 4.69) is 36.2 Å². The highest BCUT2D eigenvalue weighted by Gasteiger charge is 2.15. The lowest BCUT2D eigenvalue weighted by atomic mass is 10.1. The molecule has 0 fully saturated rings. The summed E-state index contributed by atoms with van der Waals surface area (Å²) in [4.78, 5) is 13.5. The smallest absolute Gasteiger partial charge is 0.234 e. The Kier molecular flexibility index (Phi) is 6.36. The van der Waals surface area contributed by atoms with Gasteiger partial charge in [-0.1, -0.05) is 25.1 Å². The number of para-hydroxylation sites is 1. The Hall–Kier alpha value is -1.55. The highest BCUT2D eigenvalue weighted by atomic mass is 16.1. The molecule has 0 aliphatic carbocycles. The van der Waals surface area contributed by atoms with Crippen LogP contribution in [0.5, 0.6) is 0 Å². The standard InChI is InChI=1S/C15H25N3O/c1-4-10-17-13(15(16)19)9-11-18(3)14-8-6-5-7-12(14)2/h5-8,13,17H,4,9-11H2,1-3H3,(H2,16,19). The van der Waals surface area contributed by atoms with Gasteiger partial charge in [-0.3, -0.25) is 4.79 Å². The van der Waals surface area contributed by atoms with Crippen LogP contribution >= 0.6 is 0 Å². The number of nitrogens with zero attached hydrogens (tertiary/aromatic N) is 1. The van der Waals surface area contributed by atoms with E-state index in [1.807, 2.05) is 19.2 Å². The third kappa shape index (κ3) is 4.91. The number of carbonyl (C=O) groups excluding carboxylic acids is 1. The van der Waals surface area contributed by atoms with Crippen LogP contribution in [-0.2, 0) is 4.79 Å². The van der Waals surface area contributed by atoms with Gasteiger partial charge in [0.25, 0.3) is 0 Å². The van der Waals surface area contributed by atoms with Crippen molar-refractivity contribution in [3.8, 4) is 0 Å². The minimum Gasteiger partial charge on any atom is -0.374 e. The van der Waals surface area contributed by atoms with Crippen LogP contribution in [0.15, 0.2) is 24.3 Å². The van der Waals surface area contributed by atoms with Crippen molar-refractivity contribution >= 4 is 11.6 Å². The Balaban J connectivity index is 2.54. The van der Waals surface area contributed by atoms with Crippen LogP contribution in [0.1, 0.15) is 25.3 Å². The van der Waals surface area contributed by atoms with Crippen molar-refractivity contribution < 1.29 is 4.79 Å². The molecule has 3 N–H and O–H groups in total. The Morgan fingerprint density at radius 3 is 2.68 bits per heavy atom. The number of rotatable bonds is 8. The predicted octanol–water partition coefficient (Wildman–Crippen LogP) is 1.67. The summed E-state index contributed by atoms with van der Waals surface area (Å²) in [6, 6.07) is 7.99. The van der Waals surface area contributed by atoms with Crippen molar-refractivity contribution in [2.45, 2.75) is 32.7 Å². The van der Waals surface area contributed by atoms with Crippen molar-refractivity contribution in [3.63, 3.8) is 0 Å². The quantitative estimate of drug-likeness (QED) is 0.750. The maximum absolute atomic E-state index is 11.4. The van der Waals surface area contributed by atoms with Crippen LogP contribution in [0.3, 0.4) is 0 Å². The summed E-state index contributed by atoms with van der Waals surface area (Å²) in [6.07, 6.45) is 1.72. The van der Waals surface area contributed by atoms with E-state index in [0.717, 1.165) is 25.9 Å². The van der Waals surface area contributed by atoms with Crippen molar-refractivity contribution in [2.24, 2.45) is 5.73 Å². The number of amides is 1. The molecule has 1 rings (SSSR count). The number of benzene rings is 1. The van der Waals surface area contributed by atoms with Crippen LogP contribution in [-0.4, -0.2) is 32.1 Å². The van der Waals surface area contributed by atoms with E-state index in [4.69, 9.17) is 5.73 Å². The summed E-state index contributed by atoms with van der Waals surface area (Å²) >= 11 is 0. The van der Waals surface area contributed by atoms with Gasteiger partial charge in [-0.05, 0) is 37.9 Å².